The van der Waals surface area contributed by atoms with Crippen molar-refractivity contribution in [1.82, 2.24) is 4.73 Å². The lowest BCUT2D eigenvalue weighted by Crippen LogP contribution is -2.13. The second-order valence-electron chi connectivity index (χ2n) is 8.03. The zero-order valence-corrected chi connectivity index (χ0v) is 18.2. The van der Waals surface area contributed by atoms with Crippen molar-refractivity contribution in [3.05, 3.63) is 75.3 Å². The normalized spacial score (nSPS) is 14.5. The summed E-state index contributed by atoms with van der Waals surface area (Å²) in [6, 6.07) is 11.5. The lowest BCUT2D eigenvalue weighted by Gasteiger charge is -2.10. The molecule has 5 nitrogen and oxygen atoms in total. The van der Waals surface area contributed by atoms with Gasteiger partial charge < -0.3 is 9.62 Å². The minimum Gasteiger partial charge on any atom is -0.456 e. The van der Waals surface area contributed by atoms with E-state index in [1.807, 2.05) is 36.4 Å². The van der Waals surface area contributed by atoms with Crippen LogP contribution in [-0.2, 0) is 6.42 Å². The molecule has 1 aliphatic carbocycles. The van der Waals surface area contributed by atoms with Crippen molar-refractivity contribution in [2.24, 2.45) is 10.9 Å². The molecule has 0 unspecified atom stereocenters. The van der Waals surface area contributed by atoms with Crippen LogP contribution in [0.25, 0.3) is 21.9 Å². The van der Waals surface area contributed by atoms with E-state index in [0.717, 1.165) is 38.7 Å². The lowest BCUT2D eigenvalue weighted by molar-refractivity contribution is 0.0999. The molecule has 2 aromatic carbocycles. The molecule has 2 heterocycles. The van der Waals surface area contributed by atoms with Crippen molar-refractivity contribution >= 4 is 51.0 Å². The number of halogens is 2. The van der Waals surface area contributed by atoms with Gasteiger partial charge in [-0.15, -0.1) is 0 Å². The van der Waals surface area contributed by atoms with Crippen LogP contribution in [0, 0.1) is 5.92 Å². The van der Waals surface area contributed by atoms with Gasteiger partial charge in [-0.3, -0.25) is 4.79 Å². The van der Waals surface area contributed by atoms with Gasteiger partial charge in [0.15, 0.2) is 0 Å². The third kappa shape index (κ3) is 3.73. The summed E-state index contributed by atoms with van der Waals surface area (Å²) >= 11 is 12.3. The Hall–Kier alpha value is -2.76. The summed E-state index contributed by atoms with van der Waals surface area (Å²) in [6.45, 7) is 0. The summed E-state index contributed by atoms with van der Waals surface area (Å²) in [7, 11) is 0. The second-order valence-corrected chi connectivity index (χ2v) is 8.84. The average molecular weight is 455 g/mol. The second kappa shape index (κ2) is 8.06. The van der Waals surface area contributed by atoms with E-state index in [1.165, 1.54) is 38.1 Å². The molecule has 0 saturated heterocycles. The lowest BCUT2D eigenvalue weighted by atomic mass is 9.94. The van der Waals surface area contributed by atoms with Crippen LogP contribution in [0.15, 0.2) is 58.2 Å². The summed E-state index contributed by atoms with van der Waals surface area (Å²) < 4.78 is 6.95. The quantitative estimate of drug-likeness (QED) is 0.363. The van der Waals surface area contributed by atoms with Gasteiger partial charge >= 0.3 is 0 Å². The first-order valence-corrected chi connectivity index (χ1v) is 11.1. The van der Waals surface area contributed by atoms with E-state index < -0.39 is 5.91 Å². The van der Waals surface area contributed by atoms with Crippen LogP contribution >= 0.6 is 23.2 Å². The molecule has 5 rings (SSSR count). The number of carbonyl (C=O) groups excluding carboxylic acids is 1. The summed E-state index contributed by atoms with van der Waals surface area (Å²) in [4.78, 5) is 17.4. The number of nitrogens with zero attached hydrogens (tertiary/aromatic N) is 2. The van der Waals surface area contributed by atoms with E-state index in [9.17, 15) is 10.0 Å². The fraction of sp³-hybridized carbons (Fsp3) is 0.250. The molecule has 0 spiro atoms. The molecular formula is C24H20Cl2N2O3. The highest BCUT2D eigenvalue weighted by atomic mass is 35.5. The van der Waals surface area contributed by atoms with Crippen LogP contribution in [0.3, 0.4) is 0 Å². The van der Waals surface area contributed by atoms with Gasteiger partial charge in [0.25, 0.3) is 5.91 Å². The van der Waals surface area contributed by atoms with Gasteiger partial charge in [0.2, 0.25) is 0 Å². The summed E-state index contributed by atoms with van der Waals surface area (Å²) in [5.41, 5.74) is 3.03. The van der Waals surface area contributed by atoms with Crippen molar-refractivity contribution in [3.8, 4) is 0 Å². The molecule has 0 radical (unpaired) electrons. The number of carbonyl (C=O) groups is 1. The first-order chi connectivity index (χ1) is 15.0. The minimum absolute atomic E-state index is 0.0782. The van der Waals surface area contributed by atoms with Crippen molar-refractivity contribution in [3.63, 3.8) is 0 Å². The Morgan fingerprint density at radius 3 is 2.55 bits per heavy atom. The Balaban J connectivity index is 1.69. The molecular weight excluding hydrogens is 435 g/mol. The molecule has 1 amide bonds. The van der Waals surface area contributed by atoms with Crippen LogP contribution < -0.4 is 5.36 Å². The van der Waals surface area contributed by atoms with E-state index in [1.54, 1.807) is 0 Å². The van der Waals surface area contributed by atoms with Gasteiger partial charge in [-0.1, -0.05) is 73.2 Å². The van der Waals surface area contributed by atoms with Crippen LogP contribution in [-0.4, -0.2) is 15.8 Å². The highest BCUT2D eigenvalue weighted by Crippen LogP contribution is 2.37. The summed E-state index contributed by atoms with van der Waals surface area (Å²) in [6.07, 6.45) is 8.40. The molecule has 7 heteroatoms. The van der Waals surface area contributed by atoms with Gasteiger partial charge in [-0.2, -0.15) is 4.73 Å². The van der Waals surface area contributed by atoms with E-state index in [0.29, 0.717) is 11.5 Å². The zero-order chi connectivity index (χ0) is 21.5. The maximum absolute atomic E-state index is 13.2. The first kappa shape index (κ1) is 20.2. The third-order valence-electron chi connectivity index (χ3n) is 5.98. The van der Waals surface area contributed by atoms with E-state index in [2.05, 4.69) is 4.99 Å². The number of rotatable bonds is 3. The maximum Gasteiger partial charge on any atom is 0.278 e. The van der Waals surface area contributed by atoms with Crippen molar-refractivity contribution in [2.45, 2.75) is 32.1 Å². The number of hydrogen-bond donors (Lipinski definition) is 1. The van der Waals surface area contributed by atoms with Crippen molar-refractivity contribution in [2.75, 3.05) is 0 Å². The molecule has 0 atom stereocenters. The predicted molar refractivity (Wildman–Crippen MR) is 121 cm³/mol. The minimum atomic E-state index is -0.469. The molecule has 1 fully saturated rings. The molecule has 31 heavy (non-hydrogen) atoms. The Bertz CT molecular complexity index is 1350. The molecule has 4 aromatic rings. The van der Waals surface area contributed by atoms with Crippen LogP contribution in [0.1, 0.15) is 41.6 Å². The maximum atomic E-state index is 13.2. The Labute approximate surface area is 188 Å². The monoisotopic (exact) mass is 454 g/mol. The van der Waals surface area contributed by atoms with Crippen molar-refractivity contribution in [1.29, 1.82) is 0 Å². The largest absolute Gasteiger partial charge is 0.456 e. The number of pyridine rings is 1. The first-order valence-electron chi connectivity index (χ1n) is 10.3. The van der Waals surface area contributed by atoms with Crippen LogP contribution in [0.4, 0.5) is 0 Å². The topological polar surface area (TPSA) is 67.7 Å². The standard InChI is InChI=1S/C24H20Cl2N2O3/c25-18-12-28(30)13-19(26)22(18)27-24(29)17-10-9-15(11-14-5-1-2-6-14)23-21(17)16-7-3-4-8-20(16)31-23/h3-4,7-10,12-14,30H,1-2,5-6,11H2. The number of benzene rings is 2. The van der Waals surface area contributed by atoms with E-state index in [-0.39, 0.29) is 15.4 Å². The predicted octanol–water partition coefficient (Wildman–Crippen LogP) is 6.41. The molecule has 1 aliphatic rings. The Kier molecular flexibility index (Phi) is 5.24. The van der Waals surface area contributed by atoms with Gasteiger partial charge in [0.05, 0.1) is 28.0 Å². The fourth-order valence-corrected chi connectivity index (χ4v) is 5.06. The van der Waals surface area contributed by atoms with E-state index in [4.69, 9.17) is 27.6 Å². The zero-order valence-electron chi connectivity index (χ0n) is 16.6. The SMILES string of the molecule is O=C(N=c1c(Cl)cn(O)cc1Cl)c1ccc(CC2CCCC2)c2oc3ccccc3c12. The average Bonchev–Trinajstić information content (AvgIpc) is 3.38. The number of para-hydroxylation sites is 1. The number of furan rings is 1. The summed E-state index contributed by atoms with van der Waals surface area (Å²) in [5.74, 6) is 0.179. The number of fused-ring (bicyclic) bond motifs is 3. The third-order valence-corrected chi connectivity index (χ3v) is 6.53. The number of hydrogen-bond acceptors (Lipinski definition) is 3. The fourth-order valence-electron chi connectivity index (χ4n) is 4.52. The molecule has 0 aliphatic heterocycles. The van der Waals surface area contributed by atoms with Gasteiger partial charge in [0.1, 0.15) is 16.5 Å². The number of amides is 1. The molecule has 2 aromatic heterocycles. The molecule has 1 N–H and O–H groups in total. The van der Waals surface area contributed by atoms with E-state index >= 15 is 0 Å². The smallest absolute Gasteiger partial charge is 0.278 e. The van der Waals surface area contributed by atoms with Crippen LogP contribution in [0.2, 0.25) is 10.0 Å². The van der Waals surface area contributed by atoms with Gasteiger partial charge in [-0.05, 0) is 30.0 Å². The summed E-state index contributed by atoms with van der Waals surface area (Å²) in [5, 5.41) is 11.5. The Morgan fingerprint density at radius 1 is 1.10 bits per heavy atom. The van der Waals surface area contributed by atoms with Crippen molar-refractivity contribution < 1.29 is 14.4 Å². The molecule has 158 valence electrons. The molecule has 0 bridgehead atoms. The highest BCUT2D eigenvalue weighted by molar-refractivity contribution is 6.34. The van der Waals surface area contributed by atoms with Gasteiger partial charge in [-0.25, -0.2) is 4.99 Å². The molecule has 1 saturated carbocycles. The Morgan fingerprint density at radius 2 is 1.81 bits per heavy atom. The highest BCUT2D eigenvalue weighted by Gasteiger charge is 2.22. The van der Waals surface area contributed by atoms with Crippen LogP contribution in [0.5, 0.6) is 0 Å². The van der Waals surface area contributed by atoms with Gasteiger partial charge in [0, 0.05) is 10.8 Å². The number of aromatic nitrogens is 1.